The molecule has 1 heterocycles. The van der Waals surface area contributed by atoms with E-state index in [2.05, 4.69) is 24.3 Å². The van der Waals surface area contributed by atoms with E-state index in [1.165, 1.54) is 11.1 Å². The maximum atomic E-state index is 12.2. The van der Waals surface area contributed by atoms with Gasteiger partial charge in [0, 0.05) is 11.3 Å². The summed E-state index contributed by atoms with van der Waals surface area (Å²) in [6.07, 6.45) is 2.92. The fraction of sp³-hybridized carbons (Fsp3) is 0.562. The minimum Gasteiger partial charge on any atom is -0.397 e. The lowest BCUT2D eigenvalue weighted by molar-refractivity contribution is -0.774. The van der Waals surface area contributed by atoms with Crippen LogP contribution in [-0.4, -0.2) is 16.2 Å². The molecule has 2 unspecified atom stereocenters. The number of fused-ring (bicyclic) bond motifs is 3. The molecule has 2 atom stereocenters. The standard InChI is InChI=1S/C16H21NO2/c1-4-14-15-12-8-6-5-7-11(12)9-10-13(15)16(2,3)19-17(14)18/h5-8,13,15H,4,9-10H2,1-3H3. The van der Waals surface area contributed by atoms with Gasteiger partial charge in [-0.3, -0.25) is 5.21 Å². The van der Waals surface area contributed by atoms with Crippen LogP contribution in [0.2, 0.25) is 0 Å². The summed E-state index contributed by atoms with van der Waals surface area (Å²) >= 11 is 0. The van der Waals surface area contributed by atoms with Crippen LogP contribution in [0.25, 0.3) is 0 Å². The third kappa shape index (κ3) is 1.83. The first-order chi connectivity index (χ1) is 9.04. The van der Waals surface area contributed by atoms with Gasteiger partial charge < -0.3 is 4.84 Å². The highest BCUT2D eigenvalue weighted by atomic mass is 16.9. The van der Waals surface area contributed by atoms with Crippen molar-refractivity contribution < 1.29 is 9.74 Å². The molecule has 0 radical (unpaired) electrons. The van der Waals surface area contributed by atoms with Crippen molar-refractivity contribution in [2.24, 2.45) is 5.92 Å². The minimum atomic E-state index is -0.390. The molecule has 0 saturated carbocycles. The van der Waals surface area contributed by atoms with Gasteiger partial charge in [0.25, 0.3) is 0 Å². The number of rotatable bonds is 1. The minimum absolute atomic E-state index is 0.219. The van der Waals surface area contributed by atoms with Gasteiger partial charge in [-0.05, 0) is 43.7 Å². The Kier molecular flexibility index (Phi) is 2.80. The second kappa shape index (κ2) is 4.26. The van der Waals surface area contributed by atoms with Gasteiger partial charge in [-0.1, -0.05) is 31.2 Å². The molecule has 19 heavy (non-hydrogen) atoms. The van der Waals surface area contributed by atoms with Crippen LogP contribution >= 0.6 is 0 Å². The predicted octanol–water partition coefficient (Wildman–Crippen LogP) is 3.42. The van der Waals surface area contributed by atoms with Gasteiger partial charge in [-0.25, -0.2) is 0 Å². The van der Waals surface area contributed by atoms with Crippen molar-refractivity contribution in [1.82, 2.24) is 0 Å². The Morgan fingerprint density at radius 3 is 2.84 bits per heavy atom. The smallest absolute Gasteiger partial charge is 0.229 e. The number of hydrogen-bond acceptors (Lipinski definition) is 2. The first-order valence-corrected chi connectivity index (χ1v) is 7.14. The zero-order valence-corrected chi connectivity index (χ0v) is 11.8. The number of benzene rings is 1. The zero-order valence-electron chi connectivity index (χ0n) is 11.8. The molecule has 0 spiro atoms. The molecule has 2 aliphatic rings. The van der Waals surface area contributed by atoms with Crippen molar-refractivity contribution in [2.75, 3.05) is 0 Å². The molecule has 1 aromatic rings. The lowest BCUT2D eigenvalue weighted by Crippen LogP contribution is -2.50. The third-order valence-corrected chi connectivity index (χ3v) is 4.68. The summed E-state index contributed by atoms with van der Waals surface area (Å²) in [5.41, 5.74) is 3.20. The third-order valence-electron chi connectivity index (χ3n) is 4.68. The normalized spacial score (nSPS) is 28.4. The van der Waals surface area contributed by atoms with Gasteiger partial charge in [-0.2, -0.15) is 0 Å². The van der Waals surface area contributed by atoms with E-state index in [0.29, 0.717) is 5.92 Å². The van der Waals surface area contributed by atoms with Crippen LogP contribution in [-0.2, 0) is 11.3 Å². The summed E-state index contributed by atoms with van der Waals surface area (Å²) in [6, 6.07) is 8.53. The molecule has 102 valence electrons. The van der Waals surface area contributed by atoms with Crippen molar-refractivity contribution >= 4 is 5.71 Å². The molecule has 0 fully saturated rings. The van der Waals surface area contributed by atoms with Crippen molar-refractivity contribution in [2.45, 2.75) is 51.6 Å². The van der Waals surface area contributed by atoms with E-state index >= 15 is 0 Å². The fourth-order valence-corrected chi connectivity index (χ4v) is 3.72. The Labute approximate surface area is 114 Å². The SMILES string of the molecule is CCC1=[N+]([O-])OC(C)(C)C2CCc3ccccc3C12. The van der Waals surface area contributed by atoms with Gasteiger partial charge in [-0.15, -0.1) is 0 Å². The van der Waals surface area contributed by atoms with Crippen LogP contribution in [0.4, 0.5) is 0 Å². The zero-order chi connectivity index (χ0) is 13.6. The van der Waals surface area contributed by atoms with E-state index < -0.39 is 5.60 Å². The van der Waals surface area contributed by atoms with Crippen molar-refractivity contribution in [1.29, 1.82) is 0 Å². The van der Waals surface area contributed by atoms with Crippen LogP contribution in [0.5, 0.6) is 0 Å². The van der Waals surface area contributed by atoms with Crippen molar-refractivity contribution in [3.8, 4) is 0 Å². The van der Waals surface area contributed by atoms with E-state index in [1.807, 2.05) is 20.8 Å². The molecule has 0 N–H and O–H groups in total. The monoisotopic (exact) mass is 259 g/mol. The van der Waals surface area contributed by atoms with E-state index in [4.69, 9.17) is 4.84 Å². The van der Waals surface area contributed by atoms with E-state index in [9.17, 15) is 5.21 Å². The first kappa shape index (κ1) is 12.5. The first-order valence-electron chi connectivity index (χ1n) is 7.14. The molecule has 0 saturated heterocycles. The summed E-state index contributed by atoms with van der Waals surface area (Å²) < 4.78 is 0. The molecule has 1 aromatic carbocycles. The van der Waals surface area contributed by atoms with E-state index in [-0.39, 0.29) is 5.92 Å². The fourth-order valence-electron chi connectivity index (χ4n) is 3.72. The molecule has 1 aliphatic carbocycles. The van der Waals surface area contributed by atoms with Crippen LogP contribution in [0.15, 0.2) is 24.3 Å². The lowest BCUT2D eigenvalue weighted by atomic mass is 9.66. The maximum Gasteiger partial charge on any atom is 0.229 e. The Morgan fingerprint density at radius 1 is 1.37 bits per heavy atom. The second-order valence-electron chi connectivity index (χ2n) is 6.12. The molecular weight excluding hydrogens is 238 g/mol. The van der Waals surface area contributed by atoms with Crippen LogP contribution in [0.1, 0.15) is 50.7 Å². The second-order valence-corrected chi connectivity index (χ2v) is 6.12. The lowest BCUT2D eigenvalue weighted by Gasteiger charge is -2.46. The molecule has 3 nitrogen and oxygen atoms in total. The maximum absolute atomic E-state index is 12.2. The highest BCUT2D eigenvalue weighted by Crippen LogP contribution is 2.46. The summed E-state index contributed by atoms with van der Waals surface area (Å²) in [4.78, 5) is 6.38. The summed E-state index contributed by atoms with van der Waals surface area (Å²) in [6.45, 7) is 6.11. The van der Waals surface area contributed by atoms with Gasteiger partial charge in [0.15, 0.2) is 0 Å². The summed E-state index contributed by atoms with van der Waals surface area (Å²) in [5.74, 6) is 0.610. The highest BCUT2D eigenvalue weighted by Gasteiger charge is 2.48. The van der Waals surface area contributed by atoms with Crippen molar-refractivity contribution in [3.63, 3.8) is 0 Å². The predicted molar refractivity (Wildman–Crippen MR) is 75.1 cm³/mol. The number of aryl methyl sites for hydroxylation is 1. The Hall–Kier alpha value is -1.51. The average Bonchev–Trinajstić information content (AvgIpc) is 2.38. The van der Waals surface area contributed by atoms with Gasteiger partial charge in [0.1, 0.15) is 0 Å². The molecule has 0 bridgehead atoms. The highest BCUT2D eigenvalue weighted by molar-refractivity contribution is 5.88. The Balaban J connectivity index is 2.17. The van der Waals surface area contributed by atoms with E-state index in [1.54, 1.807) is 0 Å². The molecule has 0 aromatic heterocycles. The van der Waals surface area contributed by atoms with Crippen LogP contribution in [0, 0.1) is 11.1 Å². The quantitative estimate of drug-likeness (QED) is 0.724. The van der Waals surface area contributed by atoms with Crippen molar-refractivity contribution in [3.05, 3.63) is 40.6 Å². The molecular formula is C16H21NO2. The van der Waals surface area contributed by atoms with Crippen LogP contribution in [0.3, 0.4) is 0 Å². The topological polar surface area (TPSA) is 35.3 Å². The molecule has 0 amide bonds. The summed E-state index contributed by atoms with van der Waals surface area (Å²) in [7, 11) is 0. The number of hydrogen-bond donors (Lipinski definition) is 0. The van der Waals surface area contributed by atoms with Gasteiger partial charge >= 0.3 is 0 Å². The van der Waals surface area contributed by atoms with Crippen LogP contribution < -0.4 is 0 Å². The Bertz CT molecular complexity index is 533. The Morgan fingerprint density at radius 2 is 2.11 bits per heavy atom. The van der Waals surface area contributed by atoms with Gasteiger partial charge in [0.05, 0.1) is 11.5 Å². The molecule has 3 rings (SSSR count). The van der Waals surface area contributed by atoms with Gasteiger partial charge in [0.2, 0.25) is 5.71 Å². The average molecular weight is 259 g/mol. The molecule has 1 aliphatic heterocycles. The van der Waals surface area contributed by atoms with E-state index in [0.717, 1.165) is 29.9 Å². The molecule has 3 heteroatoms. The number of nitrogens with zero attached hydrogens (tertiary/aromatic N) is 1. The largest absolute Gasteiger partial charge is 0.397 e. The summed E-state index contributed by atoms with van der Waals surface area (Å²) in [5, 5.41) is 12.2.